The second kappa shape index (κ2) is 4.82. The first kappa shape index (κ1) is 13.0. The second-order valence-corrected chi connectivity index (χ2v) is 5.28. The van der Waals surface area contributed by atoms with Crippen LogP contribution in [0.25, 0.3) is 5.65 Å². The van der Waals surface area contributed by atoms with Crippen molar-refractivity contribution in [3.8, 4) is 0 Å². The first-order chi connectivity index (χ1) is 9.61. The normalized spacial score (nSPS) is 23.2. The Morgan fingerprint density at radius 1 is 1.50 bits per heavy atom. The highest BCUT2D eigenvalue weighted by Crippen LogP contribution is 2.22. The first-order valence-electron chi connectivity index (χ1n) is 6.72. The number of ether oxygens (including phenoxy) is 1. The molecule has 1 saturated heterocycles. The molecule has 1 amide bonds. The number of carbonyl (C=O) groups excluding carboxylic acids is 1. The Balaban J connectivity index is 1.84. The smallest absolute Gasteiger partial charge is 0.255 e. The fourth-order valence-corrected chi connectivity index (χ4v) is 2.37. The standard InChI is InChI=1S/C13H17N5O2/c1-3-13(2)9-17(6-7-20-13)12(19)10-4-5-11-14-15-16-18(11)8-10/h4-5,8H,3,6-7,9H2,1-2H3. The summed E-state index contributed by atoms with van der Waals surface area (Å²) in [6.45, 7) is 5.90. The molecule has 106 valence electrons. The number of amides is 1. The van der Waals surface area contributed by atoms with E-state index < -0.39 is 0 Å². The highest BCUT2D eigenvalue weighted by atomic mass is 16.5. The SMILES string of the molecule is CCC1(C)CN(C(=O)c2ccc3nnnn3c2)CCO1. The average Bonchev–Trinajstić information content (AvgIpc) is 2.94. The summed E-state index contributed by atoms with van der Waals surface area (Å²) in [7, 11) is 0. The van der Waals surface area contributed by atoms with E-state index in [-0.39, 0.29) is 11.5 Å². The number of pyridine rings is 1. The van der Waals surface area contributed by atoms with Crippen LogP contribution in [0.1, 0.15) is 30.6 Å². The monoisotopic (exact) mass is 275 g/mol. The van der Waals surface area contributed by atoms with Crippen LogP contribution in [0.2, 0.25) is 0 Å². The number of aromatic nitrogens is 4. The lowest BCUT2D eigenvalue weighted by Crippen LogP contribution is -2.51. The number of fused-ring (bicyclic) bond motifs is 1. The lowest BCUT2D eigenvalue weighted by Gasteiger charge is -2.40. The number of tetrazole rings is 1. The van der Waals surface area contributed by atoms with Crippen molar-refractivity contribution >= 4 is 11.6 Å². The molecular formula is C13H17N5O2. The van der Waals surface area contributed by atoms with Gasteiger partial charge in [0.25, 0.3) is 5.91 Å². The van der Waals surface area contributed by atoms with Gasteiger partial charge in [-0.25, -0.2) is 0 Å². The minimum absolute atomic E-state index is 0.00891. The molecule has 1 fully saturated rings. The van der Waals surface area contributed by atoms with Gasteiger partial charge in [0.2, 0.25) is 0 Å². The van der Waals surface area contributed by atoms with Crippen molar-refractivity contribution in [2.24, 2.45) is 0 Å². The molecule has 2 aromatic rings. The van der Waals surface area contributed by atoms with Gasteiger partial charge >= 0.3 is 0 Å². The van der Waals surface area contributed by atoms with Crippen LogP contribution in [0.3, 0.4) is 0 Å². The molecule has 20 heavy (non-hydrogen) atoms. The Bertz CT molecular complexity index is 640. The first-order valence-corrected chi connectivity index (χ1v) is 6.72. The topological polar surface area (TPSA) is 72.6 Å². The zero-order valence-electron chi connectivity index (χ0n) is 11.6. The summed E-state index contributed by atoms with van der Waals surface area (Å²) < 4.78 is 7.26. The summed E-state index contributed by atoms with van der Waals surface area (Å²) >= 11 is 0. The van der Waals surface area contributed by atoms with Crippen LogP contribution in [0.15, 0.2) is 18.3 Å². The highest BCUT2D eigenvalue weighted by molar-refractivity contribution is 5.94. The molecule has 0 aliphatic carbocycles. The third-order valence-electron chi connectivity index (χ3n) is 3.81. The van der Waals surface area contributed by atoms with Crippen molar-refractivity contribution in [1.29, 1.82) is 0 Å². The number of nitrogens with zero attached hydrogens (tertiary/aromatic N) is 5. The van der Waals surface area contributed by atoms with Crippen molar-refractivity contribution in [3.05, 3.63) is 23.9 Å². The van der Waals surface area contributed by atoms with E-state index in [9.17, 15) is 4.79 Å². The molecular weight excluding hydrogens is 258 g/mol. The van der Waals surface area contributed by atoms with Gasteiger partial charge in [-0.05, 0) is 35.9 Å². The molecule has 1 atom stereocenters. The molecule has 1 unspecified atom stereocenters. The van der Waals surface area contributed by atoms with Crippen LogP contribution in [0.5, 0.6) is 0 Å². The number of rotatable bonds is 2. The lowest BCUT2D eigenvalue weighted by atomic mass is 10.0. The third kappa shape index (κ3) is 2.24. The number of morpholine rings is 1. The van der Waals surface area contributed by atoms with Gasteiger partial charge in [-0.2, -0.15) is 4.52 Å². The molecule has 1 aliphatic rings. The van der Waals surface area contributed by atoms with E-state index in [0.717, 1.165) is 6.42 Å². The largest absolute Gasteiger partial charge is 0.372 e. The van der Waals surface area contributed by atoms with E-state index >= 15 is 0 Å². The predicted molar refractivity (Wildman–Crippen MR) is 71.3 cm³/mol. The van der Waals surface area contributed by atoms with Crippen molar-refractivity contribution in [3.63, 3.8) is 0 Å². The third-order valence-corrected chi connectivity index (χ3v) is 3.81. The van der Waals surface area contributed by atoms with Gasteiger partial charge in [-0.15, -0.1) is 5.10 Å². The van der Waals surface area contributed by atoms with Gasteiger partial charge in [0.15, 0.2) is 5.65 Å². The van der Waals surface area contributed by atoms with Crippen LogP contribution in [0, 0.1) is 0 Å². The molecule has 7 nitrogen and oxygen atoms in total. The summed E-state index contributed by atoms with van der Waals surface area (Å²) in [6.07, 6.45) is 2.54. The molecule has 0 bridgehead atoms. The van der Waals surface area contributed by atoms with Gasteiger partial charge in [0, 0.05) is 19.3 Å². The van der Waals surface area contributed by atoms with E-state index in [1.165, 1.54) is 4.52 Å². The van der Waals surface area contributed by atoms with Gasteiger partial charge in [0.1, 0.15) is 0 Å². The Kier molecular flexibility index (Phi) is 3.13. The average molecular weight is 275 g/mol. The summed E-state index contributed by atoms with van der Waals surface area (Å²) in [5.41, 5.74) is 0.958. The Hall–Kier alpha value is -2.02. The van der Waals surface area contributed by atoms with Gasteiger partial charge in [-0.1, -0.05) is 6.92 Å². The summed E-state index contributed by atoms with van der Waals surface area (Å²) in [5, 5.41) is 11.2. The Morgan fingerprint density at radius 3 is 3.15 bits per heavy atom. The maximum Gasteiger partial charge on any atom is 0.255 e. The highest BCUT2D eigenvalue weighted by Gasteiger charge is 2.33. The molecule has 3 heterocycles. The molecule has 0 spiro atoms. The van der Waals surface area contributed by atoms with Crippen molar-refractivity contribution in [2.75, 3.05) is 19.7 Å². The van der Waals surface area contributed by atoms with Crippen molar-refractivity contribution < 1.29 is 9.53 Å². The van der Waals surface area contributed by atoms with Crippen LogP contribution >= 0.6 is 0 Å². The molecule has 2 aromatic heterocycles. The molecule has 1 aliphatic heterocycles. The van der Waals surface area contributed by atoms with Gasteiger partial charge < -0.3 is 9.64 Å². The maximum absolute atomic E-state index is 12.6. The van der Waals surface area contributed by atoms with Crippen LogP contribution < -0.4 is 0 Å². The minimum atomic E-state index is -0.257. The van der Waals surface area contributed by atoms with E-state index in [4.69, 9.17) is 4.74 Å². The van der Waals surface area contributed by atoms with Gasteiger partial charge in [0.05, 0.1) is 17.8 Å². The van der Waals surface area contributed by atoms with E-state index in [1.54, 1.807) is 18.3 Å². The van der Waals surface area contributed by atoms with Crippen LogP contribution in [-0.4, -0.2) is 56.1 Å². The zero-order chi connectivity index (χ0) is 14.2. The van der Waals surface area contributed by atoms with Crippen LogP contribution in [0.4, 0.5) is 0 Å². The number of hydrogen-bond donors (Lipinski definition) is 0. The number of carbonyl (C=O) groups is 1. The van der Waals surface area contributed by atoms with Crippen molar-refractivity contribution in [1.82, 2.24) is 24.9 Å². The quantitative estimate of drug-likeness (QED) is 0.809. The summed E-state index contributed by atoms with van der Waals surface area (Å²) in [6, 6.07) is 3.50. The van der Waals surface area contributed by atoms with E-state index in [0.29, 0.717) is 30.9 Å². The van der Waals surface area contributed by atoms with Crippen LogP contribution in [-0.2, 0) is 4.74 Å². The number of hydrogen-bond acceptors (Lipinski definition) is 5. The summed E-state index contributed by atoms with van der Waals surface area (Å²) in [4.78, 5) is 14.4. The predicted octanol–water partition coefficient (Wildman–Crippen LogP) is 0.765. The molecule has 0 radical (unpaired) electrons. The zero-order valence-corrected chi connectivity index (χ0v) is 11.6. The van der Waals surface area contributed by atoms with E-state index in [2.05, 4.69) is 22.4 Å². The van der Waals surface area contributed by atoms with Gasteiger partial charge in [-0.3, -0.25) is 4.79 Å². The minimum Gasteiger partial charge on any atom is -0.372 e. The second-order valence-electron chi connectivity index (χ2n) is 5.28. The molecule has 0 N–H and O–H groups in total. The molecule has 7 heteroatoms. The Labute approximate surface area is 116 Å². The fraction of sp³-hybridized carbons (Fsp3) is 0.538. The van der Waals surface area contributed by atoms with Crippen molar-refractivity contribution in [2.45, 2.75) is 25.9 Å². The fourth-order valence-electron chi connectivity index (χ4n) is 2.37. The molecule has 0 aromatic carbocycles. The molecule has 3 rings (SSSR count). The maximum atomic E-state index is 12.6. The lowest BCUT2D eigenvalue weighted by molar-refractivity contribution is -0.0897. The van der Waals surface area contributed by atoms with E-state index in [1.807, 2.05) is 11.8 Å². The molecule has 0 saturated carbocycles. The Morgan fingerprint density at radius 2 is 2.35 bits per heavy atom. The summed E-state index contributed by atoms with van der Waals surface area (Å²) in [5.74, 6) is -0.00891.